The smallest absolute Gasteiger partial charge is 0.193 e. The van der Waals surface area contributed by atoms with E-state index in [2.05, 4.69) is 42.3 Å². The van der Waals surface area contributed by atoms with E-state index in [1.165, 1.54) is 37.7 Å². The quantitative estimate of drug-likeness (QED) is 0.316. The molecule has 6 heteroatoms. The Morgan fingerprint density at radius 3 is 2.76 bits per heavy atom. The number of benzene rings is 1. The van der Waals surface area contributed by atoms with Crippen molar-refractivity contribution in [1.29, 1.82) is 0 Å². The summed E-state index contributed by atoms with van der Waals surface area (Å²) in [4.78, 5) is 7.56. The van der Waals surface area contributed by atoms with E-state index in [0.29, 0.717) is 5.92 Å². The summed E-state index contributed by atoms with van der Waals surface area (Å²) in [6.45, 7) is 9.73. The number of nitrogens with one attached hydrogen (secondary N) is 1. The number of guanidine groups is 1. The minimum absolute atomic E-state index is 0. The summed E-state index contributed by atoms with van der Waals surface area (Å²) in [5.41, 5.74) is 1.51. The normalized spacial score (nSPS) is 21.1. The molecule has 0 aromatic heterocycles. The van der Waals surface area contributed by atoms with E-state index >= 15 is 0 Å². The summed E-state index contributed by atoms with van der Waals surface area (Å²) in [5, 5.41) is 3.53. The number of methoxy groups -OCH3 is 1. The highest BCUT2D eigenvalue weighted by atomic mass is 127. The second kappa shape index (κ2) is 12.0. The van der Waals surface area contributed by atoms with E-state index in [4.69, 9.17) is 14.5 Å². The highest BCUT2D eigenvalue weighted by Gasteiger charge is 2.36. The van der Waals surface area contributed by atoms with Gasteiger partial charge in [0.2, 0.25) is 0 Å². The van der Waals surface area contributed by atoms with Gasteiger partial charge >= 0.3 is 0 Å². The van der Waals surface area contributed by atoms with Crippen molar-refractivity contribution < 1.29 is 9.47 Å². The summed E-state index contributed by atoms with van der Waals surface area (Å²) in [7, 11) is 1.74. The predicted octanol–water partition coefficient (Wildman–Crippen LogP) is 4.45. The third kappa shape index (κ3) is 6.23. The monoisotopic (exact) mass is 515 g/mol. The molecule has 1 saturated carbocycles. The van der Waals surface area contributed by atoms with Crippen molar-refractivity contribution in [3.05, 3.63) is 29.8 Å². The Hall–Kier alpha value is -1.02. The van der Waals surface area contributed by atoms with Crippen LogP contribution in [0, 0.1) is 5.92 Å². The zero-order chi connectivity index (χ0) is 19.8. The molecule has 1 saturated heterocycles. The van der Waals surface area contributed by atoms with Crippen molar-refractivity contribution in [2.45, 2.75) is 51.4 Å². The Balaban J connectivity index is 0.00000300. The zero-order valence-electron chi connectivity index (χ0n) is 18.3. The summed E-state index contributed by atoms with van der Waals surface area (Å²) >= 11 is 0. The largest absolute Gasteiger partial charge is 0.497 e. The highest BCUT2D eigenvalue weighted by Crippen LogP contribution is 2.42. The van der Waals surface area contributed by atoms with Crippen LogP contribution >= 0.6 is 24.0 Å². The van der Waals surface area contributed by atoms with Crippen LogP contribution in [0.15, 0.2) is 29.3 Å². The van der Waals surface area contributed by atoms with Gasteiger partial charge in [-0.15, -0.1) is 24.0 Å². The van der Waals surface area contributed by atoms with Crippen LogP contribution in [0.1, 0.15) is 51.5 Å². The second-order valence-corrected chi connectivity index (χ2v) is 8.15. The van der Waals surface area contributed by atoms with Gasteiger partial charge in [-0.05, 0) is 50.8 Å². The lowest BCUT2D eigenvalue weighted by Crippen LogP contribution is -2.41. The molecule has 29 heavy (non-hydrogen) atoms. The van der Waals surface area contributed by atoms with Crippen LogP contribution in [0.25, 0.3) is 0 Å². The predicted molar refractivity (Wildman–Crippen MR) is 131 cm³/mol. The summed E-state index contributed by atoms with van der Waals surface area (Å²) in [5.74, 6) is 2.62. The fourth-order valence-corrected chi connectivity index (χ4v) is 4.64. The molecule has 0 bridgehead atoms. The average molecular weight is 515 g/mol. The lowest BCUT2D eigenvalue weighted by Gasteiger charge is -2.30. The number of likely N-dealkylation sites (tertiary alicyclic amines) is 1. The summed E-state index contributed by atoms with van der Waals surface area (Å²) < 4.78 is 11.1. The van der Waals surface area contributed by atoms with Crippen molar-refractivity contribution in [3.63, 3.8) is 0 Å². The van der Waals surface area contributed by atoms with Crippen LogP contribution in [0.3, 0.4) is 0 Å². The van der Waals surface area contributed by atoms with E-state index < -0.39 is 0 Å². The van der Waals surface area contributed by atoms with Crippen molar-refractivity contribution >= 4 is 29.9 Å². The molecule has 3 rings (SSSR count). The van der Waals surface area contributed by atoms with Crippen LogP contribution in [0.2, 0.25) is 0 Å². The van der Waals surface area contributed by atoms with E-state index in [9.17, 15) is 0 Å². The first kappa shape index (κ1) is 24.3. The fourth-order valence-electron chi connectivity index (χ4n) is 4.64. The van der Waals surface area contributed by atoms with Crippen LogP contribution in [-0.4, -0.2) is 57.4 Å². The third-order valence-corrected chi connectivity index (χ3v) is 6.25. The molecule has 2 aliphatic rings. The topological polar surface area (TPSA) is 46.1 Å². The lowest BCUT2D eigenvalue weighted by atomic mass is 9.79. The minimum atomic E-state index is 0. The van der Waals surface area contributed by atoms with Crippen LogP contribution in [0.5, 0.6) is 5.75 Å². The molecule has 0 spiro atoms. The van der Waals surface area contributed by atoms with Gasteiger partial charge in [-0.2, -0.15) is 0 Å². The Bertz CT molecular complexity index is 647. The molecule has 1 unspecified atom stereocenters. The van der Waals surface area contributed by atoms with E-state index in [0.717, 1.165) is 51.1 Å². The molecular weight excluding hydrogens is 477 g/mol. The number of hydrogen-bond donors (Lipinski definition) is 1. The molecule has 0 amide bonds. The fraction of sp³-hybridized carbons (Fsp3) is 0.696. The SMILES string of the molecule is CCNC(=NCC1(c2cccc(OC)c2)CCCC1)N1CCC(COCC)C1.I. The number of hydrogen-bond acceptors (Lipinski definition) is 3. The molecular formula is C23H38IN3O2. The molecule has 1 aliphatic heterocycles. The number of rotatable bonds is 8. The van der Waals surface area contributed by atoms with Gasteiger partial charge in [-0.1, -0.05) is 25.0 Å². The van der Waals surface area contributed by atoms with E-state index in [1.54, 1.807) is 7.11 Å². The highest BCUT2D eigenvalue weighted by molar-refractivity contribution is 14.0. The Labute approximate surface area is 193 Å². The Morgan fingerprint density at radius 1 is 1.28 bits per heavy atom. The molecule has 5 nitrogen and oxygen atoms in total. The summed E-state index contributed by atoms with van der Waals surface area (Å²) in [6.07, 6.45) is 6.16. The van der Waals surface area contributed by atoms with E-state index in [1.807, 2.05) is 6.07 Å². The van der Waals surface area contributed by atoms with Crippen molar-refractivity contribution in [1.82, 2.24) is 10.2 Å². The first-order valence-electron chi connectivity index (χ1n) is 11.0. The molecule has 1 aromatic carbocycles. The van der Waals surface area contributed by atoms with Gasteiger partial charge in [0.1, 0.15) is 5.75 Å². The van der Waals surface area contributed by atoms with Gasteiger partial charge in [-0.3, -0.25) is 4.99 Å². The zero-order valence-corrected chi connectivity index (χ0v) is 20.6. The number of nitrogens with zero attached hydrogens (tertiary/aromatic N) is 2. The van der Waals surface area contributed by atoms with Gasteiger partial charge in [-0.25, -0.2) is 0 Å². The number of aliphatic imine (C=N–C) groups is 1. The molecule has 0 radical (unpaired) electrons. The van der Waals surface area contributed by atoms with Gasteiger partial charge in [0, 0.05) is 37.6 Å². The number of ether oxygens (including phenoxy) is 2. The molecule has 1 N–H and O–H groups in total. The van der Waals surface area contributed by atoms with Crippen LogP contribution < -0.4 is 10.1 Å². The standard InChI is InChI=1S/C23H37N3O2.HI/c1-4-24-22(26-14-11-19(16-26)17-28-5-2)25-18-23(12-6-7-13-23)20-9-8-10-21(15-20)27-3;/h8-10,15,19H,4-7,11-14,16-18H2,1-3H3,(H,24,25);1H. The Kier molecular flexibility index (Phi) is 10.0. The van der Waals surface area contributed by atoms with Crippen molar-refractivity contribution in [2.24, 2.45) is 10.9 Å². The third-order valence-electron chi connectivity index (χ3n) is 6.25. The Morgan fingerprint density at radius 2 is 2.07 bits per heavy atom. The minimum Gasteiger partial charge on any atom is -0.497 e. The first-order chi connectivity index (χ1) is 13.7. The second-order valence-electron chi connectivity index (χ2n) is 8.15. The lowest BCUT2D eigenvalue weighted by molar-refractivity contribution is 0.114. The van der Waals surface area contributed by atoms with Gasteiger partial charge in [0.15, 0.2) is 5.96 Å². The number of halogens is 1. The molecule has 164 valence electrons. The molecule has 1 aromatic rings. The average Bonchev–Trinajstić information content (AvgIpc) is 3.40. The molecule has 1 heterocycles. The molecule has 1 atom stereocenters. The molecule has 2 fully saturated rings. The van der Waals surface area contributed by atoms with Gasteiger partial charge in [0.25, 0.3) is 0 Å². The van der Waals surface area contributed by atoms with Crippen molar-refractivity contribution in [2.75, 3.05) is 46.5 Å². The summed E-state index contributed by atoms with van der Waals surface area (Å²) in [6, 6.07) is 8.61. The maximum absolute atomic E-state index is 5.64. The van der Waals surface area contributed by atoms with E-state index in [-0.39, 0.29) is 29.4 Å². The van der Waals surface area contributed by atoms with Gasteiger partial charge < -0.3 is 19.7 Å². The van der Waals surface area contributed by atoms with Gasteiger partial charge in [0.05, 0.1) is 20.3 Å². The first-order valence-corrected chi connectivity index (χ1v) is 11.0. The maximum atomic E-state index is 5.64. The van der Waals surface area contributed by atoms with Crippen LogP contribution in [-0.2, 0) is 10.2 Å². The van der Waals surface area contributed by atoms with Crippen LogP contribution in [0.4, 0.5) is 0 Å². The van der Waals surface area contributed by atoms with Crippen molar-refractivity contribution in [3.8, 4) is 5.75 Å². The maximum Gasteiger partial charge on any atom is 0.193 e. The molecule has 1 aliphatic carbocycles.